The average Bonchev–Trinajstić information content (AvgIpc) is 2.59. The van der Waals surface area contributed by atoms with Gasteiger partial charge < -0.3 is 24.7 Å². The van der Waals surface area contributed by atoms with E-state index >= 15 is 0 Å². The van der Waals surface area contributed by atoms with E-state index in [0.717, 1.165) is 30.1 Å². The number of rotatable bonds is 9. The minimum atomic E-state index is 0.582. The van der Waals surface area contributed by atoms with E-state index in [4.69, 9.17) is 24.7 Å². The molecule has 2 N–H and O–H groups in total. The standard InChI is InChI=1S/C18H23NO4/c1-20-14-5-7-15(8-6-14)22-11-3-4-12-23-18-10-9-16(21-2)13-17(18)19/h5-10,13H,3-4,11-12,19H2,1-2H3. The quantitative estimate of drug-likeness (QED) is 0.566. The summed E-state index contributed by atoms with van der Waals surface area (Å²) in [5.74, 6) is 3.07. The Morgan fingerprint density at radius 2 is 1.30 bits per heavy atom. The van der Waals surface area contributed by atoms with E-state index in [1.54, 1.807) is 20.3 Å². The Kier molecular flexibility index (Phi) is 6.41. The molecule has 0 aromatic heterocycles. The first kappa shape index (κ1) is 16.8. The zero-order valence-corrected chi connectivity index (χ0v) is 13.6. The molecule has 0 spiro atoms. The number of benzene rings is 2. The zero-order chi connectivity index (χ0) is 16.5. The third-order valence-corrected chi connectivity index (χ3v) is 3.34. The molecule has 0 unspecified atom stereocenters. The van der Waals surface area contributed by atoms with Crippen molar-refractivity contribution in [3.63, 3.8) is 0 Å². The first-order chi connectivity index (χ1) is 11.2. The van der Waals surface area contributed by atoms with Gasteiger partial charge in [-0.3, -0.25) is 0 Å². The number of methoxy groups -OCH3 is 2. The highest BCUT2D eigenvalue weighted by atomic mass is 16.5. The summed E-state index contributed by atoms with van der Waals surface area (Å²) in [5.41, 5.74) is 6.48. The first-order valence-electron chi connectivity index (χ1n) is 7.56. The predicted molar refractivity (Wildman–Crippen MR) is 90.6 cm³/mol. The van der Waals surface area contributed by atoms with Crippen LogP contribution >= 0.6 is 0 Å². The molecule has 0 aliphatic rings. The number of hydrogen-bond acceptors (Lipinski definition) is 5. The van der Waals surface area contributed by atoms with Crippen molar-refractivity contribution in [1.29, 1.82) is 0 Å². The van der Waals surface area contributed by atoms with Crippen molar-refractivity contribution >= 4 is 5.69 Å². The molecule has 0 aliphatic heterocycles. The third-order valence-electron chi connectivity index (χ3n) is 3.34. The van der Waals surface area contributed by atoms with Crippen molar-refractivity contribution in [2.45, 2.75) is 12.8 Å². The van der Waals surface area contributed by atoms with Crippen LogP contribution in [0.1, 0.15) is 12.8 Å². The summed E-state index contributed by atoms with van der Waals surface area (Å²) in [6, 6.07) is 13.0. The summed E-state index contributed by atoms with van der Waals surface area (Å²) < 4.78 is 21.5. The van der Waals surface area contributed by atoms with Gasteiger partial charge in [0, 0.05) is 6.07 Å². The van der Waals surface area contributed by atoms with Crippen LogP contribution in [-0.4, -0.2) is 27.4 Å². The van der Waals surface area contributed by atoms with Gasteiger partial charge in [-0.1, -0.05) is 0 Å². The molecule has 0 atom stereocenters. The number of ether oxygens (including phenoxy) is 4. The monoisotopic (exact) mass is 317 g/mol. The maximum atomic E-state index is 5.90. The minimum absolute atomic E-state index is 0.582. The molecule has 124 valence electrons. The molecular weight excluding hydrogens is 294 g/mol. The van der Waals surface area contributed by atoms with E-state index in [0.29, 0.717) is 24.7 Å². The van der Waals surface area contributed by atoms with Gasteiger partial charge in [0.15, 0.2) is 0 Å². The Hall–Kier alpha value is -2.56. The van der Waals surface area contributed by atoms with Gasteiger partial charge in [-0.2, -0.15) is 0 Å². The summed E-state index contributed by atoms with van der Waals surface area (Å²) in [4.78, 5) is 0. The molecule has 0 fully saturated rings. The largest absolute Gasteiger partial charge is 0.497 e. The van der Waals surface area contributed by atoms with E-state index in [2.05, 4.69) is 0 Å². The first-order valence-corrected chi connectivity index (χ1v) is 7.56. The van der Waals surface area contributed by atoms with Gasteiger partial charge in [0.25, 0.3) is 0 Å². The molecule has 5 heteroatoms. The third kappa shape index (κ3) is 5.29. The van der Waals surface area contributed by atoms with Gasteiger partial charge in [0.1, 0.15) is 23.0 Å². The van der Waals surface area contributed by atoms with E-state index in [1.807, 2.05) is 36.4 Å². The molecule has 0 saturated heterocycles. The molecule has 0 aliphatic carbocycles. The fraction of sp³-hybridized carbons (Fsp3) is 0.333. The average molecular weight is 317 g/mol. The van der Waals surface area contributed by atoms with Crippen LogP contribution in [0.2, 0.25) is 0 Å². The van der Waals surface area contributed by atoms with Gasteiger partial charge in [-0.05, 0) is 49.2 Å². The Morgan fingerprint density at radius 1 is 0.739 bits per heavy atom. The molecule has 2 aromatic carbocycles. The lowest BCUT2D eigenvalue weighted by molar-refractivity contribution is 0.267. The summed E-state index contributed by atoms with van der Waals surface area (Å²) >= 11 is 0. The number of nitrogens with two attached hydrogens (primary N) is 1. The zero-order valence-electron chi connectivity index (χ0n) is 13.6. The van der Waals surface area contributed by atoms with Crippen LogP contribution < -0.4 is 24.7 Å². The Balaban J connectivity index is 1.63. The highest BCUT2D eigenvalue weighted by Gasteiger charge is 2.02. The number of unbranched alkanes of at least 4 members (excludes halogenated alkanes) is 1. The van der Waals surface area contributed by atoms with Crippen LogP contribution in [0.3, 0.4) is 0 Å². The normalized spacial score (nSPS) is 10.2. The maximum absolute atomic E-state index is 5.90. The van der Waals surface area contributed by atoms with E-state index in [-0.39, 0.29) is 0 Å². The molecule has 0 saturated carbocycles. The molecule has 2 aromatic rings. The predicted octanol–water partition coefficient (Wildman–Crippen LogP) is 3.52. The van der Waals surface area contributed by atoms with Crippen molar-refractivity contribution in [1.82, 2.24) is 0 Å². The smallest absolute Gasteiger partial charge is 0.142 e. The Bertz CT molecular complexity index is 598. The number of hydrogen-bond donors (Lipinski definition) is 1. The van der Waals surface area contributed by atoms with Crippen molar-refractivity contribution in [2.75, 3.05) is 33.2 Å². The highest BCUT2D eigenvalue weighted by Crippen LogP contribution is 2.26. The summed E-state index contributed by atoms with van der Waals surface area (Å²) in [6.07, 6.45) is 1.80. The van der Waals surface area contributed by atoms with Crippen molar-refractivity contribution < 1.29 is 18.9 Å². The van der Waals surface area contributed by atoms with E-state index < -0.39 is 0 Å². The molecule has 0 radical (unpaired) electrons. The lowest BCUT2D eigenvalue weighted by Crippen LogP contribution is -2.04. The van der Waals surface area contributed by atoms with Crippen LogP contribution in [0, 0.1) is 0 Å². The second-order valence-corrected chi connectivity index (χ2v) is 4.98. The van der Waals surface area contributed by atoms with E-state index in [1.165, 1.54) is 0 Å². The second kappa shape index (κ2) is 8.78. The molecule has 0 bridgehead atoms. The molecule has 2 rings (SSSR count). The lowest BCUT2D eigenvalue weighted by atomic mass is 10.3. The molecular formula is C18H23NO4. The Morgan fingerprint density at radius 3 is 1.91 bits per heavy atom. The maximum Gasteiger partial charge on any atom is 0.142 e. The number of anilines is 1. The fourth-order valence-electron chi connectivity index (χ4n) is 2.03. The van der Waals surface area contributed by atoms with Crippen molar-refractivity contribution in [2.24, 2.45) is 0 Å². The second-order valence-electron chi connectivity index (χ2n) is 4.98. The van der Waals surface area contributed by atoms with Crippen LogP contribution in [0.25, 0.3) is 0 Å². The molecule has 5 nitrogen and oxygen atoms in total. The van der Waals surface area contributed by atoms with Crippen molar-refractivity contribution in [3.05, 3.63) is 42.5 Å². The summed E-state index contributed by atoms with van der Waals surface area (Å²) in [7, 11) is 3.25. The van der Waals surface area contributed by atoms with Gasteiger partial charge in [0.2, 0.25) is 0 Å². The van der Waals surface area contributed by atoms with Gasteiger partial charge >= 0.3 is 0 Å². The Labute approximate surface area is 136 Å². The van der Waals surface area contributed by atoms with Gasteiger partial charge in [-0.25, -0.2) is 0 Å². The van der Waals surface area contributed by atoms with Crippen LogP contribution in [-0.2, 0) is 0 Å². The molecule has 0 amide bonds. The summed E-state index contributed by atoms with van der Waals surface area (Å²) in [6.45, 7) is 1.25. The minimum Gasteiger partial charge on any atom is -0.497 e. The van der Waals surface area contributed by atoms with E-state index in [9.17, 15) is 0 Å². The number of nitrogen functional groups attached to an aromatic ring is 1. The SMILES string of the molecule is COc1ccc(OCCCCOc2ccc(OC)cc2N)cc1. The lowest BCUT2D eigenvalue weighted by Gasteiger charge is -2.10. The van der Waals surface area contributed by atoms with Crippen LogP contribution in [0.5, 0.6) is 23.0 Å². The topological polar surface area (TPSA) is 62.9 Å². The van der Waals surface area contributed by atoms with Crippen LogP contribution in [0.15, 0.2) is 42.5 Å². The summed E-state index contributed by atoms with van der Waals surface area (Å²) in [5, 5.41) is 0. The highest BCUT2D eigenvalue weighted by molar-refractivity contribution is 5.56. The van der Waals surface area contributed by atoms with Gasteiger partial charge in [0.05, 0.1) is 33.1 Å². The molecule has 23 heavy (non-hydrogen) atoms. The van der Waals surface area contributed by atoms with Crippen LogP contribution in [0.4, 0.5) is 5.69 Å². The van der Waals surface area contributed by atoms with Gasteiger partial charge in [-0.15, -0.1) is 0 Å². The van der Waals surface area contributed by atoms with Crippen molar-refractivity contribution in [3.8, 4) is 23.0 Å². The fourth-order valence-corrected chi connectivity index (χ4v) is 2.03. The molecule has 0 heterocycles.